The number of carbonyl (C=O) groups excluding carboxylic acids is 2. The number of benzene rings is 1. The van der Waals surface area contributed by atoms with E-state index >= 15 is 0 Å². The lowest BCUT2D eigenvalue weighted by molar-refractivity contribution is -0.900. The molecule has 2 aliphatic rings. The Bertz CT molecular complexity index is 570. The van der Waals surface area contributed by atoms with Crippen LogP contribution < -0.4 is 15.1 Å². The maximum absolute atomic E-state index is 12.8. The molecule has 118 valence electrons. The van der Waals surface area contributed by atoms with E-state index in [-0.39, 0.29) is 17.9 Å². The summed E-state index contributed by atoms with van der Waals surface area (Å²) in [6.45, 7) is 5.48. The zero-order valence-electron chi connectivity index (χ0n) is 12.8. The van der Waals surface area contributed by atoms with E-state index in [9.17, 15) is 9.59 Å². The van der Waals surface area contributed by atoms with Gasteiger partial charge in [-0.1, -0.05) is 12.1 Å². The average Bonchev–Trinajstić information content (AvgIpc) is 2.62. The molecular weight excluding hydrogens is 282 g/mol. The Morgan fingerprint density at radius 3 is 2.86 bits per heavy atom. The van der Waals surface area contributed by atoms with Crippen molar-refractivity contribution in [1.82, 2.24) is 0 Å². The third-order valence-electron chi connectivity index (χ3n) is 4.23. The predicted octanol–water partition coefficient (Wildman–Crippen LogP) is -0.335. The highest BCUT2D eigenvalue weighted by atomic mass is 16.5. The molecule has 0 spiro atoms. The van der Waals surface area contributed by atoms with E-state index in [0.29, 0.717) is 31.9 Å². The highest BCUT2D eigenvalue weighted by Crippen LogP contribution is 2.30. The Morgan fingerprint density at radius 2 is 2.09 bits per heavy atom. The smallest absolute Gasteiger partial charge is 0.282 e. The fourth-order valence-electron chi connectivity index (χ4n) is 3.10. The molecule has 6 heteroatoms. The van der Waals surface area contributed by atoms with E-state index in [2.05, 4.69) is 5.32 Å². The number of fused-ring (bicyclic) bond motifs is 1. The van der Waals surface area contributed by atoms with E-state index in [4.69, 9.17) is 4.74 Å². The van der Waals surface area contributed by atoms with Crippen molar-refractivity contribution in [3.05, 3.63) is 24.3 Å². The Hall–Kier alpha value is -1.92. The number of hydrogen-bond donors (Lipinski definition) is 2. The van der Waals surface area contributed by atoms with Gasteiger partial charge in [0.15, 0.2) is 6.54 Å². The average molecular weight is 304 g/mol. The van der Waals surface area contributed by atoms with Crippen LogP contribution in [0.4, 0.5) is 11.4 Å². The SMILES string of the molecule is C[C@H]1CC(=O)Nc2ccccc2N1C(=O)C[NH+]1CCOCC1. The Morgan fingerprint density at radius 1 is 1.36 bits per heavy atom. The van der Waals surface area contributed by atoms with Gasteiger partial charge in [-0.2, -0.15) is 0 Å². The lowest BCUT2D eigenvalue weighted by Crippen LogP contribution is -3.15. The summed E-state index contributed by atoms with van der Waals surface area (Å²) in [6.07, 6.45) is 0.318. The van der Waals surface area contributed by atoms with Crippen LogP contribution in [-0.2, 0) is 14.3 Å². The molecule has 1 saturated heterocycles. The number of ether oxygens (including phenoxy) is 1. The second kappa shape index (κ2) is 6.46. The van der Waals surface area contributed by atoms with Gasteiger partial charge in [0.05, 0.1) is 24.6 Å². The molecule has 1 aromatic carbocycles. The number of rotatable bonds is 2. The number of amides is 2. The third kappa shape index (κ3) is 3.13. The standard InChI is InChI=1S/C16H21N3O3/c1-12-10-15(20)17-13-4-2-3-5-14(13)19(12)16(21)11-18-6-8-22-9-7-18/h2-5,12H,6-11H2,1H3,(H,17,20)/p+1/t12-/m0/s1. The molecule has 1 fully saturated rings. The van der Waals surface area contributed by atoms with Crippen molar-refractivity contribution in [2.24, 2.45) is 0 Å². The van der Waals surface area contributed by atoms with Gasteiger partial charge in [0, 0.05) is 12.5 Å². The van der Waals surface area contributed by atoms with Crippen molar-refractivity contribution >= 4 is 23.2 Å². The largest absolute Gasteiger partial charge is 0.370 e. The molecule has 2 aliphatic heterocycles. The van der Waals surface area contributed by atoms with Gasteiger partial charge in [-0.3, -0.25) is 9.59 Å². The molecule has 1 aromatic rings. The monoisotopic (exact) mass is 304 g/mol. The van der Waals surface area contributed by atoms with Gasteiger partial charge in [-0.15, -0.1) is 0 Å². The number of quaternary nitrogens is 1. The fraction of sp³-hybridized carbons (Fsp3) is 0.500. The minimum atomic E-state index is -0.142. The normalized spacial score (nSPS) is 22.7. The molecular formula is C16H22N3O3+. The summed E-state index contributed by atoms with van der Waals surface area (Å²) in [5, 5.41) is 2.88. The number of hydrogen-bond acceptors (Lipinski definition) is 3. The second-order valence-corrected chi connectivity index (χ2v) is 5.92. The molecule has 22 heavy (non-hydrogen) atoms. The van der Waals surface area contributed by atoms with Gasteiger partial charge in [0.1, 0.15) is 13.1 Å². The van der Waals surface area contributed by atoms with Crippen LogP contribution in [0.15, 0.2) is 24.3 Å². The molecule has 6 nitrogen and oxygen atoms in total. The van der Waals surface area contributed by atoms with Crippen LogP contribution in [0.3, 0.4) is 0 Å². The number of carbonyl (C=O) groups is 2. The fourth-order valence-corrected chi connectivity index (χ4v) is 3.10. The van der Waals surface area contributed by atoms with Crippen LogP contribution >= 0.6 is 0 Å². The molecule has 2 amide bonds. The Labute approximate surface area is 130 Å². The maximum atomic E-state index is 12.8. The van der Waals surface area contributed by atoms with Crippen molar-refractivity contribution in [2.45, 2.75) is 19.4 Å². The first-order chi connectivity index (χ1) is 10.6. The molecule has 0 saturated carbocycles. The molecule has 2 heterocycles. The minimum absolute atomic E-state index is 0.0473. The minimum Gasteiger partial charge on any atom is -0.370 e. The van der Waals surface area contributed by atoms with Crippen LogP contribution in [0, 0.1) is 0 Å². The second-order valence-electron chi connectivity index (χ2n) is 5.92. The van der Waals surface area contributed by atoms with Gasteiger partial charge in [-0.05, 0) is 19.1 Å². The van der Waals surface area contributed by atoms with E-state index in [0.717, 1.165) is 18.8 Å². The number of anilines is 2. The van der Waals surface area contributed by atoms with Crippen molar-refractivity contribution in [3.8, 4) is 0 Å². The number of morpholine rings is 1. The van der Waals surface area contributed by atoms with Crippen LogP contribution in [0.25, 0.3) is 0 Å². The molecule has 0 radical (unpaired) electrons. The molecule has 1 atom stereocenters. The first kappa shape index (κ1) is 15.0. The van der Waals surface area contributed by atoms with Gasteiger partial charge >= 0.3 is 0 Å². The topological polar surface area (TPSA) is 63.1 Å². The third-order valence-corrected chi connectivity index (χ3v) is 4.23. The summed E-state index contributed by atoms with van der Waals surface area (Å²) in [5.41, 5.74) is 1.50. The summed E-state index contributed by atoms with van der Waals surface area (Å²) in [5.74, 6) is 0.0160. The summed E-state index contributed by atoms with van der Waals surface area (Å²) in [6, 6.07) is 7.35. The van der Waals surface area contributed by atoms with Crippen LogP contribution in [-0.4, -0.2) is 50.7 Å². The highest BCUT2D eigenvalue weighted by molar-refractivity contribution is 6.04. The zero-order chi connectivity index (χ0) is 15.5. The summed E-state index contributed by atoms with van der Waals surface area (Å²) in [4.78, 5) is 27.8. The van der Waals surface area contributed by atoms with Gasteiger partial charge < -0.3 is 19.9 Å². The van der Waals surface area contributed by atoms with E-state index in [1.807, 2.05) is 31.2 Å². The molecule has 0 bridgehead atoms. The number of nitrogens with zero attached hydrogens (tertiary/aromatic N) is 1. The van der Waals surface area contributed by atoms with E-state index < -0.39 is 0 Å². The van der Waals surface area contributed by atoms with Gasteiger partial charge in [0.25, 0.3) is 5.91 Å². The molecule has 2 N–H and O–H groups in total. The lowest BCUT2D eigenvalue weighted by Gasteiger charge is -2.30. The molecule has 0 aliphatic carbocycles. The van der Waals surface area contributed by atoms with Crippen molar-refractivity contribution in [1.29, 1.82) is 0 Å². The zero-order valence-corrected chi connectivity index (χ0v) is 12.8. The Kier molecular flexibility index (Phi) is 4.40. The van der Waals surface area contributed by atoms with Crippen molar-refractivity contribution < 1.29 is 19.2 Å². The Balaban J connectivity index is 1.83. The number of nitrogens with one attached hydrogen (secondary N) is 2. The number of para-hydroxylation sites is 2. The van der Waals surface area contributed by atoms with Gasteiger partial charge in [-0.25, -0.2) is 0 Å². The molecule has 0 aromatic heterocycles. The van der Waals surface area contributed by atoms with Crippen LogP contribution in [0.1, 0.15) is 13.3 Å². The van der Waals surface area contributed by atoms with Crippen LogP contribution in [0.2, 0.25) is 0 Å². The van der Waals surface area contributed by atoms with Crippen molar-refractivity contribution in [2.75, 3.05) is 43.1 Å². The predicted molar refractivity (Wildman–Crippen MR) is 83.0 cm³/mol. The molecule has 0 unspecified atom stereocenters. The van der Waals surface area contributed by atoms with Crippen LogP contribution in [0.5, 0.6) is 0 Å². The lowest BCUT2D eigenvalue weighted by atomic mass is 10.1. The first-order valence-electron chi connectivity index (χ1n) is 7.77. The highest BCUT2D eigenvalue weighted by Gasteiger charge is 2.31. The molecule has 3 rings (SSSR count). The first-order valence-corrected chi connectivity index (χ1v) is 7.77. The summed E-state index contributed by atoms with van der Waals surface area (Å²) in [7, 11) is 0. The van der Waals surface area contributed by atoms with Crippen molar-refractivity contribution in [3.63, 3.8) is 0 Å². The summed E-state index contributed by atoms with van der Waals surface area (Å²) < 4.78 is 5.34. The van der Waals surface area contributed by atoms with E-state index in [1.54, 1.807) is 4.90 Å². The quantitative estimate of drug-likeness (QED) is 0.786. The maximum Gasteiger partial charge on any atom is 0.282 e. The summed E-state index contributed by atoms with van der Waals surface area (Å²) >= 11 is 0. The van der Waals surface area contributed by atoms with Gasteiger partial charge in [0.2, 0.25) is 5.91 Å². The van der Waals surface area contributed by atoms with E-state index in [1.165, 1.54) is 4.90 Å².